The van der Waals surface area contributed by atoms with Crippen molar-refractivity contribution in [2.45, 2.75) is 12.8 Å². The van der Waals surface area contributed by atoms with Gasteiger partial charge in [0.1, 0.15) is 5.82 Å². The fraction of sp³-hybridized carbons (Fsp3) is 0.300. The first-order chi connectivity index (χ1) is 6.63. The van der Waals surface area contributed by atoms with Crippen LogP contribution in [0.2, 0.25) is 0 Å². The molecule has 1 aromatic carbocycles. The highest BCUT2D eigenvalue weighted by Gasteiger charge is 2.03. The maximum Gasteiger partial charge on any atom is 0.305 e. The number of carbonyl (C=O) groups excluding carboxylic acids is 1. The van der Waals surface area contributed by atoms with Crippen molar-refractivity contribution in [3.63, 3.8) is 0 Å². The predicted molar refractivity (Wildman–Crippen MR) is 59.5 cm³/mol. The smallest absolute Gasteiger partial charge is 0.305 e. The number of carbonyl (C=O) groups is 1. The number of halogens is 2. The number of hydrogen-bond acceptors (Lipinski definition) is 2. The summed E-state index contributed by atoms with van der Waals surface area (Å²) in [6.07, 6.45) is 0.918. The highest BCUT2D eigenvalue weighted by molar-refractivity contribution is 14.1. The quantitative estimate of drug-likeness (QED) is 0.633. The highest BCUT2D eigenvalue weighted by Crippen LogP contribution is 2.14. The number of rotatable bonds is 3. The third kappa shape index (κ3) is 3.25. The van der Waals surface area contributed by atoms with Crippen molar-refractivity contribution in [3.05, 3.63) is 33.1 Å². The molecule has 4 heteroatoms. The lowest BCUT2D eigenvalue weighted by Crippen LogP contribution is -2.02. The normalized spacial score (nSPS) is 9.93. The van der Waals surface area contributed by atoms with E-state index in [1.807, 2.05) is 22.6 Å². The standard InChI is InChI=1S/C10H10FIO2/c1-14-10(13)5-3-7-2-4-8(11)9(12)6-7/h2,4,6H,3,5H2,1H3. The van der Waals surface area contributed by atoms with E-state index >= 15 is 0 Å². The molecule has 0 aromatic heterocycles. The average Bonchev–Trinajstić information content (AvgIpc) is 2.19. The number of esters is 1. The van der Waals surface area contributed by atoms with Gasteiger partial charge in [0, 0.05) is 9.99 Å². The number of aryl methyl sites for hydroxylation is 1. The van der Waals surface area contributed by atoms with Gasteiger partial charge >= 0.3 is 5.97 Å². The summed E-state index contributed by atoms with van der Waals surface area (Å²) in [4.78, 5) is 10.8. The Labute approximate surface area is 95.6 Å². The van der Waals surface area contributed by atoms with Crippen LogP contribution in [0, 0.1) is 9.39 Å². The zero-order valence-corrected chi connectivity index (χ0v) is 9.88. The molecule has 1 aromatic rings. The Morgan fingerprint density at radius 2 is 2.29 bits per heavy atom. The molecule has 0 bridgehead atoms. The zero-order valence-electron chi connectivity index (χ0n) is 7.72. The Morgan fingerprint density at radius 3 is 2.86 bits per heavy atom. The van der Waals surface area contributed by atoms with Gasteiger partial charge in [-0.2, -0.15) is 0 Å². The molecule has 0 fully saturated rings. The largest absolute Gasteiger partial charge is 0.469 e. The van der Waals surface area contributed by atoms with Crippen LogP contribution in [0.1, 0.15) is 12.0 Å². The summed E-state index contributed by atoms with van der Waals surface area (Å²) in [5, 5.41) is 0. The van der Waals surface area contributed by atoms with Crippen LogP contribution in [-0.4, -0.2) is 13.1 Å². The summed E-state index contributed by atoms with van der Waals surface area (Å²) in [5.41, 5.74) is 0.946. The van der Waals surface area contributed by atoms with E-state index < -0.39 is 0 Å². The van der Waals surface area contributed by atoms with Crippen LogP contribution >= 0.6 is 22.6 Å². The van der Waals surface area contributed by atoms with Crippen molar-refractivity contribution in [1.82, 2.24) is 0 Å². The molecule has 0 heterocycles. The zero-order chi connectivity index (χ0) is 10.6. The fourth-order valence-electron chi connectivity index (χ4n) is 1.04. The summed E-state index contributed by atoms with van der Waals surface area (Å²) in [6, 6.07) is 4.83. The van der Waals surface area contributed by atoms with Crippen LogP contribution < -0.4 is 0 Å². The van der Waals surface area contributed by atoms with Crippen LogP contribution in [0.5, 0.6) is 0 Å². The van der Waals surface area contributed by atoms with Gasteiger partial charge in [-0.05, 0) is 46.7 Å². The summed E-state index contributed by atoms with van der Waals surface area (Å²) >= 11 is 1.93. The summed E-state index contributed by atoms with van der Waals surface area (Å²) in [5.74, 6) is -0.475. The number of methoxy groups -OCH3 is 1. The third-order valence-electron chi connectivity index (χ3n) is 1.83. The molecule has 0 aliphatic rings. The summed E-state index contributed by atoms with van der Waals surface area (Å²) in [6.45, 7) is 0. The molecule has 1 rings (SSSR count). The minimum Gasteiger partial charge on any atom is -0.469 e. The van der Waals surface area contributed by atoms with Gasteiger partial charge in [-0.25, -0.2) is 4.39 Å². The Morgan fingerprint density at radius 1 is 1.57 bits per heavy atom. The van der Waals surface area contributed by atoms with Gasteiger partial charge in [0.05, 0.1) is 7.11 Å². The molecular formula is C10H10FIO2. The maximum absolute atomic E-state index is 12.9. The van der Waals surface area contributed by atoms with Gasteiger partial charge in [-0.15, -0.1) is 0 Å². The number of ether oxygens (including phenoxy) is 1. The molecule has 14 heavy (non-hydrogen) atoms. The SMILES string of the molecule is COC(=O)CCc1ccc(F)c(I)c1. The summed E-state index contributed by atoms with van der Waals surface area (Å²) in [7, 11) is 1.36. The van der Waals surface area contributed by atoms with Crippen LogP contribution in [0.4, 0.5) is 4.39 Å². The van der Waals surface area contributed by atoms with Gasteiger partial charge < -0.3 is 4.74 Å². The molecule has 0 unspecified atom stereocenters. The van der Waals surface area contributed by atoms with Crippen molar-refractivity contribution in [3.8, 4) is 0 Å². The average molecular weight is 308 g/mol. The lowest BCUT2D eigenvalue weighted by molar-refractivity contribution is -0.140. The van der Waals surface area contributed by atoms with Gasteiger partial charge in [-0.3, -0.25) is 4.79 Å². The monoisotopic (exact) mass is 308 g/mol. The second kappa shape index (κ2) is 5.29. The van der Waals surface area contributed by atoms with E-state index in [2.05, 4.69) is 4.74 Å². The van der Waals surface area contributed by atoms with Crippen molar-refractivity contribution in [1.29, 1.82) is 0 Å². The Kier molecular flexibility index (Phi) is 4.31. The molecule has 0 atom stereocenters. The van der Waals surface area contributed by atoms with E-state index in [9.17, 15) is 9.18 Å². The maximum atomic E-state index is 12.9. The lowest BCUT2D eigenvalue weighted by atomic mass is 10.1. The van der Waals surface area contributed by atoms with E-state index in [-0.39, 0.29) is 11.8 Å². The van der Waals surface area contributed by atoms with Gasteiger partial charge in [0.25, 0.3) is 0 Å². The molecule has 0 spiro atoms. The number of hydrogen-bond donors (Lipinski definition) is 0. The van der Waals surface area contributed by atoms with Gasteiger partial charge in [0.2, 0.25) is 0 Å². The topological polar surface area (TPSA) is 26.3 Å². The molecule has 76 valence electrons. The first-order valence-electron chi connectivity index (χ1n) is 4.14. The van der Waals surface area contributed by atoms with E-state index in [1.54, 1.807) is 12.1 Å². The van der Waals surface area contributed by atoms with E-state index in [1.165, 1.54) is 13.2 Å². The predicted octanol–water partition coefficient (Wildman–Crippen LogP) is 2.54. The third-order valence-corrected chi connectivity index (χ3v) is 2.66. The molecule has 2 nitrogen and oxygen atoms in total. The second-order valence-corrected chi connectivity index (χ2v) is 3.99. The molecular weight excluding hydrogens is 298 g/mol. The van der Waals surface area contributed by atoms with E-state index in [0.29, 0.717) is 16.4 Å². The molecule has 0 saturated heterocycles. The van der Waals surface area contributed by atoms with Crippen molar-refractivity contribution < 1.29 is 13.9 Å². The van der Waals surface area contributed by atoms with E-state index in [4.69, 9.17) is 0 Å². The second-order valence-electron chi connectivity index (χ2n) is 2.82. The Balaban J connectivity index is 2.60. The van der Waals surface area contributed by atoms with Crippen molar-refractivity contribution in [2.75, 3.05) is 7.11 Å². The molecule has 0 N–H and O–H groups in total. The van der Waals surface area contributed by atoms with Crippen molar-refractivity contribution in [2.24, 2.45) is 0 Å². The molecule has 0 saturated carbocycles. The van der Waals surface area contributed by atoms with Crippen LogP contribution in [0.3, 0.4) is 0 Å². The molecule has 0 aliphatic carbocycles. The fourth-order valence-corrected chi connectivity index (χ4v) is 1.62. The molecule has 0 radical (unpaired) electrons. The Bertz CT molecular complexity index is 339. The van der Waals surface area contributed by atoms with Crippen molar-refractivity contribution >= 4 is 28.6 Å². The highest BCUT2D eigenvalue weighted by atomic mass is 127. The minimum atomic E-state index is -0.246. The van der Waals surface area contributed by atoms with Crippen LogP contribution in [-0.2, 0) is 16.0 Å². The lowest BCUT2D eigenvalue weighted by Gasteiger charge is -2.01. The molecule has 0 aliphatic heterocycles. The van der Waals surface area contributed by atoms with Crippen LogP contribution in [0.25, 0.3) is 0 Å². The first kappa shape index (κ1) is 11.4. The van der Waals surface area contributed by atoms with Gasteiger partial charge in [0.15, 0.2) is 0 Å². The number of benzene rings is 1. The van der Waals surface area contributed by atoms with Crippen LogP contribution in [0.15, 0.2) is 18.2 Å². The molecule has 0 amide bonds. The van der Waals surface area contributed by atoms with Gasteiger partial charge in [-0.1, -0.05) is 6.07 Å². The summed E-state index contributed by atoms with van der Waals surface area (Å²) < 4.78 is 17.9. The first-order valence-corrected chi connectivity index (χ1v) is 5.22. The minimum absolute atomic E-state index is 0.229. The van der Waals surface area contributed by atoms with E-state index in [0.717, 1.165) is 5.56 Å². The Hall–Kier alpha value is -0.650.